The maximum Gasteiger partial charge on any atom is 0.145 e. The second kappa shape index (κ2) is 13.9. The summed E-state index contributed by atoms with van der Waals surface area (Å²) in [6, 6.07) is 64.7. The van der Waals surface area contributed by atoms with Gasteiger partial charge in [0.1, 0.15) is 33.4 Å². The maximum atomic E-state index is 5.87. The summed E-state index contributed by atoms with van der Waals surface area (Å²) in [5.41, 5.74) is 19.4. The summed E-state index contributed by atoms with van der Waals surface area (Å²) < 4.78 is 4.84. The highest BCUT2D eigenvalue weighted by Crippen LogP contribution is 2.51. The van der Waals surface area contributed by atoms with Gasteiger partial charge in [-0.05, 0) is 81.9 Å². The van der Waals surface area contributed by atoms with Crippen LogP contribution in [0.15, 0.2) is 207 Å². The molecule has 0 spiro atoms. The molecular formula is C64H34N8. The van der Waals surface area contributed by atoms with Crippen molar-refractivity contribution in [3.8, 4) is 44.5 Å². The summed E-state index contributed by atoms with van der Waals surface area (Å²) in [5.74, 6) is 0. The van der Waals surface area contributed by atoms with E-state index in [4.69, 9.17) is 29.9 Å². The highest BCUT2D eigenvalue weighted by Gasteiger charge is 2.31. The molecule has 0 fully saturated rings. The van der Waals surface area contributed by atoms with E-state index < -0.39 is 0 Å². The lowest BCUT2D eigenvalue weighted by molar-refractivity contribution is 1.24. The lowest BCUT2D eigenvalue weighted by Crippen LogP contribution is -1.97. The Morgan fingerprint density at radius 1 is 0.250 bits per heavy atom. The molecule has 0 bridgehead atoms. The van der Waals surface area contributed by atoms with Gasteiger partial charge in [0.25, 0.3) is 0 Å². The first-order valence-corrected chi connectivity index (χ1v) is 24.3. The van der Waals surface area contributed by atoms with Crippen LogP contribution in [0, 0.1) is 0 Å². The molecule has 8 nitrogen and oxygen atoms in total. The van der Waals surface area contributed by atoms with E-state index in [9.17, 15) is 0 Å². The average Bonchev–Trinajstić information content (AvgIpc) is 4.20. The number of benzene rings is 8. The Bertz CT molecular complexity index is 4800. The monoisotopic (exact) mass is 914 g/mol. The van der Waals surface area contributed by atoms with Crippen molar-refractivity contribution in [3.63, 3.8) is 0 Å². The molecule has 8 heteroatoms. The van der Waals surface area contributed by atoms with E-state index in [1.165, 1.54) is 0 Å². The number of fused-ring (bicyclic) bond motifs is 22. The highest BCUT2D eigenvalue weighted by molar-refractivity contribution is 6.41. The van der Waals surface area contributed by atoms with Crippen molar-refractivity contribution in [2.45, 2.75) is 0 Å². The summed E-state index contributed by atoms with van der Waals surface area (Å²) in [5, 5.41) is 10.5. The maximum absolute atomic E-state index is 5.87. The Labute approximate surface area is 408 Å². The molecule has 0 saturated carbocycles. The van der Waals surface area contributed by atoms with Crippen LogP contribution in [0.3, 0.4) is 0 Å². The average molecular weight is 915 g/mol. The van der Waals surface area contributed by atoms with Gasteiger partial charge < -0.3 is 0 Å². The van der Waals surface area contributed by atoms with E-state index in [0.717, 1.165) is 165 Å². The molecule has 0 N–H and O–H groups in total. The third-order valence-corrected chi connectivity index (χ3v) is 15.2. The zero-order valence-electron chi connectivity index (χ0n) is 38.2. The molecule has 72 heavy (non-hydrogen) atoms. The first-order valence-electron chi connectivity index (χ1n) is 24.3. The van der Waals surface area contributed by atoms with Gasteiger partial charge in [-0.2, -0.15) is 0 Å². The van der Waals surface area contributed by atoms with Crippen LogP contribution in [0.2, 0.25) is 0 Å². The Hall–Kier alpha value is -9.92. The van der Waals surface area contributed by atoms with Gasteiger partial charge in [-0.3, -0.25) is 18.8 Å². The molecular weight excluding hydrogens is 881 g/mol. The Morgan fingerprint density at radius 3 is 1.01 bits per heavy atom. The van der Waals surface area contributed by atoms with Crippen molar-refractivity contribution >= 4 is 120 Å². The van der Waals surface area contributed by atoms with Gasteiger partial charge in [0.2, 0.25) is 0 Å². The van der Waals surface area contributed by atoms with Gasteiger partial charge in [-0.25, -0.2) is 19.9 Å². The van der Waals surface area contributed by atoms with Gasteiger partial charge >= 0.3 is 0 Å². The summed E-state index contributed by atoms with van der Waals surface area (Å²) in [4.78, 5) is 32.7. The minimum absolute atomic E-state index is 0.718. The minimum atomic E-state index is 0.718. The van der Waals surface area contributed by atoms with Crippen molar-refractivity contribution in [3.05, 3.63) is 207 Å². The van der Waals surface area contributed by atoms with Gasteiger partial charge in [0.15, 0.2) is 0 Å². The number of aromatic nitrogens is 8. The fraction of sp³-hybridized carbons (Fsp3) is 0. The summed E-state index contributed by atoms with van der Waals surface area (Å²) in [6.07, 6.45) is 7.75. The summed E-state index contributed by atoms with van der Waals surface area (Å²) in [7, 11) is 0. The number of pyridine rings is 4. The van der Waals surface area contributed by atoms with Crippen LogP contribution in [-0.2, 0) is 0 Å². The first kappa shape index (κ1) is 38.0. The lowest BCUT2D eigenvalue weighted by atomic mass is 9.96. The summed E-state index contributed by atoms with van der Waals surface area (Å²) >= 11 is 0. The lowest BCUT2D eigenvalue weighted by Gasteiger charge is -2.12. The van der Waals surface area contributed by atoms with Crippen molar-refractivity contribution in [2.24, 2.45) is 0 Å². The molecule has 8 aromatic carbocycles. The highest BCUT2D eigenvalue weighted by atomic mass is 15.0. The van der Waals surface area contributed by atoms with E-state index in [-0.39, 0.29) is 0 Å². The normalized spacial score (nSPS) is 12.4. The molecule has 0 aliphatic heterocycles. The zero-order chi connectivity index (χ0) is 46.8. The van der Waals surface area contributed by atoms with Crippen LogP contribution < -0.4 is 0 Å². The second-order valence-electron chi connectivity index (χ2n) is 19.0. The molecule has 0 aliphatic rings. The Kier molecular flexibility index (Phi) is 7.32. The van der Waals surface area contributed by atoms with Crippen LogP contribution in [-0.4, -0.2) is 38.7 Å². The molecule has 0 atom stereocenters. The van der Waals surface area contributed by atoms with Gasteiger partial charge in [-0.1, -0.05) is 133 Å². The van der Waals surface area contributed by atoms with Crippen LogP contribution >= 0.6 is 0 Å². The smallest absolute Gasteiger partial charge is 0.145 e. The molecule has 0 radical (unpaired) electrons. The van der Waals surface area contributed by atoms with E-state index in [2.05, 4.69) is 179 Å². The second-order valence-corrected chi connectivity index (χ2v) is 19.0. The fourth-order valence-corrected chi connectivity index (χ4v) is 12.2. The largest absolute Gasteiger partial charge is 0.290 e. The summed E-state index contributed by atoms with van der Waals surface area (Å²) in [6.45, 7) is 0. The molecule has 0 saturated heterocycles. The number of hydrogen-bond donors (Lipinski definition) is 0. The molecule has 17 aromatic rings. The SMILES string of the molecule is c1ccc(-c2cnc3c(c2)c2cc(-c4ccccc4)cc4c5c6nc7c8ncccc8c8cccnc8c7nc6c6c7cc(-c8ccccc8)cc8c9cc(-c%10ccccc%10)cnc9n(c87)c6c5n3c24)cc1. The van der Waals surface area contributed by atoms with Crippen molar-refractivity contribution in [2.75, 3.05) is 0 Å². The van der Waals surface area contributed by atoms with Gasteiger partial charge in [-0.15, -0.1) is 0 Å². The topological polar surface area (TPSA) is 86.2 Å². The zero-order valence-corrected chi connectivity index (χ0v) is 38.2. The third-order valence-electron chi connectivity index (χ3n) is 15.2. The van der Waals surface area contributed by atoms with Crippen LogP contribution in [0.5, 0.6) is 0 Å². The molecule has 0 amide bonds. The van der Waals surface area contributed by atoms with E-state index in [1.54, 1.807) is 0 Å². The predicted octanol–water partition coefficient (Wildman–Crippen LogP) is 15.6. The number of nitrogens with zero attached hydrogens (tertiary/aromatic N) is 8. The molecule has 330 valence electrons. The van der Waals surface area contributed by atoms with E-state index in [0.29, 0.717) is 0 Å². The molecule has 17 rings (SSSR count). The van der Waals surface area contributed by atoms with Crippen molar-refractivity contribution < 1.29 is 0 Å². The van der Waals surface area contributed by atoms with Crippen LogP contribution in [0.4, 0.5) is 0 Å². The number of rotatable bonds is 4. The first-order chi connectivity index (χ1) is 35.7. The standard InChI is InChI=1S/C64H34N8/c1-5-15-35(16-6-1)39-27-45-47-31-41(37-19-9-3-10-20-37)33-67-63(47)71-59(45)49(29-39)51-55-56(70-58-54-44(24-14-26-66-54)43-23-13-25-65-53(43)57(58)69-55)52-50-30-40(36-17-7-2-8-18-36)28-46-48-32-42(38-21-11-4-12-22-38)34-68-64(48)72(60(46)50)62(52)61(51)71/h1-34H. The van der Waals surface area contributed by atoms with E-state index >= 15 is 0 Å². The minimum Gasteiger partial charge on any atom is -0.290 e. The Balaban J connectivity index is 1.16. The number of hydrogen-bond acceptors (Lipinski definition) is 6. The predicted molar refractivity (Wildman–Crippen MR) is 294 cm³/mol. The van der Waals surface area contributed by atoms with Crippen molar-refractivity contribution in [1.29, 1.82) is 0 Å². The molecule has 9 aromatic heterocycles. The Morgan fingerprint density at radius 2 is 0.611 bits per heavy atom. The molecule has 9 heterocycles. The van der Waals surface area contributed by atoms with Gasteiger partial charge in [0.05, 0.1) is 33.1 Å². The molecule has 0 aliphatic carbocycles. The van der Waals surface area contributed by atoms with Crippen LogP contribution in [0.1, 0.15) is 0 Å². The quantitative estimate of drug-likeness (QED) is 0.129. The van der Waals surface area contributed by atoms with Crippen LogP contribution in [0.25, 0.3) is 165 Å². The van der Waals surface area contributed by atoms with Gasteiger partial charge in [0, 0.05) is 89.8 Å². The third kappa shape index (κ3) is 4.94. The molecule has 0 unspecified atom stereocenters. The van der Waals surface area contributed by atoms with Crippen molar-refractivity contribution in [1.82, 2.24) is 38.7 Å². The van der Waals surface area contributed by atoms with E-state index in [1.807, 2.05) is 36.9 Å². The fourth-order valence-electron chi connectivity index (χ4n) is 12.2.